The van der Waals surface area contributed by atoms with Gasteiger partial charge in [-0.1, -0.05) is 42.8 Å². The van der Waals surface area contributed by atoms with Gasteiger partial charge in [-0.2, -0.15) is 0 Å². The first kappa shape index (κ1) is 27.9. The second-order valence-corrected chi connectivity index (χ2v) is 9.86. The molecular formula is C22H35ClN6O3S. The number of aryl methyl sites for hydroxylation is 1. The lowest BCUT2D eigenvalue weighted by Gasteiger charge is -2.40. The lowest BCUT2D eigenvalue weighted by Crippen LogP contribution is -2.63. The van der Waals surface area contributed by atoms with Crippen LogP contribution < -0.4 is 16.3 Å². The number of aliphatic hydroxyl groups excluding tert-OH is 1. The van der Waals surface area contributed by atoms with Crippen LogP contribution in [0.2, 0.25) is 5.02 Å². The van der Waals surface area contributed by atoms with Crippen molar-refractivity contribution in [3.8, 4) is 0 Å². The normalized spacial score (nSPS) is 16.4. The minimum absolute atomic E-state index is 0.0852. The van der Waals surface area contributed by atoms with Crippen LogP contribution in [-0.2, 0) is 28.2 Å². The average Bonchev–Trinajstić information content (AvgIpc) is 2.83. The molecule has 33 heavy (non-hydrogen) atoms. The second-order valence-electron chi connectivity index (χ2n) is 7.80. The third kappa shape index (κ3) is 7.32. The van der Waals surface area contributed by atoms with Crippen LogP contribution in [0.1, 0.15) is 49.7 Å². The van der Waals surface area contributed by atoms with Crippen LogP contribution in [0, 0.1) is 0 Å². The van der Waals surface area contributed by atoms with E-state index in [9.17, 15) is 4.55 Å². The molecule has 6 N–H and O–H groups in total. The maximum absolute atomic E-state index is 13.2. The Morgan fingerprint density at radius 2 is 1.97 bits per heavy atom. The first-order valence-electron chi connectivity index (χ1n) is 10.9. The Morgan fingerprint density at radius 1 is 1.30 bits per heavy atom. The van der Waals surface area contributed by atoms with Gasteiger partial charge in [-0.05, 0) is 37.3 Å². The van der Waals surface area contributed by atoms with Crippen LogP contribution in [0.4, 0.5) is 0 Å². The van der Waals surface area contributed by atoms with Crippen molar-refractivity contribution in [3.05, 3.63) is 58.6 Å². The van der Waals surface area contributed by atoms with Gasteiger partial charge in [0.1, 0.15) is 5.66 Å². The largest absolute Gasteiger partial charge is 0.598 e. The molecule has 1 heterocycles. The van der Waals surface area contributed by atoms with Gasteiger partial charge in [-0.3, -0.25) is 5.84 Å². The van der Waals surface area contributed by atoms with Crippen molar-refractivity contribution in [1.29, 1.82) is 0 Å². The quantitative estimate of drug-likeness (QED) is 0.101. The fourth-order valence-electron chi connectivity index (χ4n) is 3.60. The minimum Gasteiger partial charge on any atom is -0.598 e. The predicted molar refractivity (Wildman–Crippen MR) is 131 cm³/mol. The number of unbranched alkanes of at least 4 members (excludes halogenated alkanes) is 1. The maximum atomic E-state index is 13.2. The summed E-state index contributed by atoms with van der Waals surface area (Å²) in [7, 11) is 1.52. The van der Waals surface area contributed by atoms with Crippen LogP contribution in [0.5, 0.6) is 0 Å². The molecule has 0 aliphatic heterocycles. The molecule has 0 amide bonds. The van der Waals surface area contributed by atoms with E-state index in [2.05, 4.69) is 21.6 Å². The van der Waals surface area contributed by atoms with E-state index in [4.69, 9.17) is 33.0 Å². The molecule has 0 radical (unpaired) electrons. The molecule has 0 aliphatic rings. The molecule has 1 aromatic carbocycles. The molecule has 0 fully saturated rings. The highest BCUT2D eigenvalue weighted by Gasteiger charge is 2.38. The SMILES string of the molecule is CCc1ccccc1C(N)(CN[S+]([O-])C(C)C(OC)c1ncc(Cl)cn1)N(N)CCCCO. The predicted octanol–water partition coefficient (Wildman–Crippen LogP) is 1.78. The van der Waals surface area contributed by atoms with Gasteiger partial charge in [-0.25, -0.2) is 15.0 Å². The molecule has 9 nitrogen and oxygen atoms in total. The highest BCUT2D eigenvalue weighted by Crippen LogP contribution is 2.27. The van der Waals surface area contributed by atoms with Gasteiger partial charge in [0.15, 0.2) is 17.2 Å². The van der Waals surface area contributed by atoms with E-state index in [1.54, 1.807) is 11.9 Å². The Kier molecular flexibility index (Phi) is 11.4. The molecule has 2 rings (SSSR count). The van der Waals surface area contributed by atoms with Gasteiger partial charge >= 0.3 is 0 Å². The molecule has 0 saturated carbocycles. The highest BCUT2D eigenvalue weighted by molar-refractivity contribution is 7.90. The van der Waals surface area contributed by atoms with Crippen LogP contribution in [-0.4, -0.2) is 56.7 Å². The van der Waals surface area contributed by atoms with E-state index >= 15 is 0 Å². The summed E-state index contributed by atoms with van der Waals surface area (Å²) in [5.41, 5.74) is 7.68. The van der Waals surface area contributed by atoms with E-state index in [-0.39, 0.29) is 13.2 Å². The smallest absolute Gasteiger partial charge is 0.165 e. The van der Waals surface area contributed by atoms with Crippen molar-refractivity contribution < 1.29 is 14.4 Å². The summed E-state index contributed by atoms with van der Waals surface area (Å²) < 4.78 is 21.8. The molecular weight excluding hydrogens is 464 g/mol. The highest BCUT2D eigenvalue weighted by atomic mass is 35.5. The average molecular weight is 499 g/mol. The van der Waals surface area contributed by atoms with E-state index in [0.717, 1.165) is 17.5 Å². The molecule has 0 saturated heterocycles. The molecule has 4 unspecified atom stereocenters. The number of aliphatic hydroxyl groups is 1. The van der Waals surface area contributed by atoms with Gasteiger partial charge < -0.3 is 20.1 Å². The van der Waals surface area contributed by atoms with Crippen molar-refractivity contribution in [1.82, 2.24) is 19.7 Å². The third-order valence-corrected chi connectivity index (χ3v) is 7.13. The second kappa shape index (κ2) is 13.5. The minimum atomic E-state index is -1.54. The molecule has 1 aromatic heterocycles. The van der Waals surface area contributed by atoms with Gasteiger partial charge in [0.25, 0.3) is 0 Å². The number of hydrazine groups is 1. The first-order valence-corrected chi connectivity index (χ1v) is 12.5. The summed E-state index contributed by atoms with van der Waals surface area (Å²) in [6.45, 7) is 4.53. The zero-order chi connectivity index (χ0) is 24.4. The van der Waals surface area contributed by atoms with E-state index in [0.29, 0.717) is 30.2 Å². The zero-order valence-electron chi connectivity index (χ0n) is 19.4. The Balaban J connectivity index is 2.22. The fourth-order valence-corrected chi connectivity index (χ4v) is 4.78. The number of nitrogens with zero attached hydrogens (tertiary/aromatic N) is 3. The number of hydrogen-bond donors (Lipinski definition) is 4. The summed E-state index contributed by atoms with van der Waals surface area (Å²) in [4.78, 5) is 8.40. The topological polar surface area (TPSA) is 146 Å². The lowest BCUT2D eigenvalue weighted by atomic mass is 9.92. The molecule has 0 aliphatic carbocycles. The lowest BCUT2D eigenvalue weighted by molar-refractivity contribution is 0.0861. The first-order chi connectivity index (χ1) is 15.8. The summed E-state index contributed by atoms with van der Waals surface area (Å²) in [6.07, 6.45) is 4.42. The monoisotopic (exact) mass is 498 g/mol. The summed E-state index contributed by atoms with van der Waals surface area (Å²) in [5, 5.41) is 10.6. The van der Waals surface area contributed by atoms with E-state index < -0.39 is 28.4 Å². The zero-order valence-corrected chi connectivity index (χ0v) is 21.0. The summed E-state index contributed by atoms with van der Waals surface area (Å²) in [6, 6.07) is 7.82. The summed E-state index contributed by atoms with van der Waals surface area (Å²) >= 11 is 4.33. The van der Waals surface area contributed by atoms with Gasteiger partial charge in [0, 0.05) is 44.0 Å². The number of benzene rings is 1. The molecule has 184 valence electrons. The van der Waals surface area contributed by atoms with Gasteiger partial charge in [0.2, 0.25) is 0 Å². The van der Waals surface area contributed by atoms with Crippen LogP contribution in [0.25, 0.3) is 0 Å². The molecule has 11 heteroatoms. The third-order valence-electron chi connectivity index (χ3n) is 5.58. The van der Waals surface area contributed by atoms with Gasteiger partial charge in [0.05, 0.1) is 11.6 Å². The van der Waals surface area contributed by atoms with Gasteiger partial charge in [-0.15, -0.1) is 4.72 Å². The van der Waals surface area contributed by atoms with Crippen LogP contribution in [0.15, 0.2) is 36.7 Å². The Morgan fingerprint density at radius 3 is 2.58 bits per heavy atom. The standard InChI is InChI=1S/C22H35ClN6O3S/c1-4-17-9-5-6-10-19(17)22(24,29(25)11-7-8-12-30)15-28-33(31)16(2)20(32-3)21-26-13-18(23)14-27-21/h5-6,9-10,13-14,16,20,28,30H,4,7-8,11-12,15,24-25H2,1-3H3. The Bertz CT molecular complexity index is 849. The van der Waals surface area contributed by atoms with E-state index in [1.807, 2.05) is 24.3 Å². The number of ether oxygens (including phenoxy) is 1. The number of rotatable bonds is 14. The van der Waals surface area contributed by atoms with Crippen molar-refractivity contribution in [3.63, 3.8) is 0 Å². The van der Waals surface area contributed by atoms with Crippen molar-refractivity contribution in [2.24, 2.45) is 11.6 Å². The number of nitrogens with two attached hydrogens (primary N) is 2. The van der Waals surface area contributed by atoms with Crippen molar-refractivity contribution in [2.75, 3.05) is 26.8 Å². The number of nitrogens with one attached hydrogen (secondary N) is 1. The number of halogens is 1. The molecule has 4 atom stereocenters. The Hall–Kier alpha value is -1.34. The van der Waals surface area contributed by atoms with Crippen molar-refractivity contribution in [2.45, 2.75) is 50.1 Å². The number of methoxy groups -OCH3 is 1. The Labute approximate surface area is 204 Å². The molecule has 0 spiro atoms. The van der Waals surface area contributed by atoms with Crippen LogP contribution >= 0.6 is 11.6 Å². The number of aromatic nitrogens is 2. The molecule has 2 aromatic rings. The summed E-state index contributed by atoms with van der Waals surface area (Å²) in [5.74, 6) is 6.83. The fraction of sp³-hybridized carbons (Fsp3) is 0.545. The van der Waals surface area contributed by atoms with Crippen LogP contribution in [0.3, 0.4) is 0 Å². The van der Waals surface area contributed by atoms with Crippen molar-refractivity contribution >= 4 is 23.0 Å². The number of hydrogen-bond acceptors (Lipinski definition) is 9. The maximum Gasteiger partial charge on any atom is 0.165 e. The molecule has 0 bridgehead atoms. The van der Waals surface area contributed by atoms with E-state index in [1.165, 1.54) is 19.5 Å².